The number of carbonyl (C=O) groups excluding carboxylic acids is 1. The van der Waals surface area contributed by atoms with Gasteiger partial charge in [-0.1, -0.05) is 0 Å². The summed E-state index contributed by atoms with van der Waals surface area (Å²) >= 11 is 0. The predicted molar refractivity (Wildman–Crippen MR) is 97.8 cm³/mol. The van der Waals surface area contributed by atoms with Crippen LogP contribution < -0.4 is 14.4 Å². The molecule has 0 radical (unpaired) electrons. The third kappa shape index (κ3) is 3.84. The van der Waals surface area contributed by atoms with Crippen molar-refractivity contribution in [1.29, 1.82) is 0 Å². The third-order valence-electron chi connectivity index (χ3n) is 5.11. The van der Waals surface area contributed by atoms with Crippen LogP contribution in [-0.4, -0.2) is 36.6 Å². The van der Waals surface area contributed by atoms with Crippen LogP contribution in [0.15, 0.2) is 29.5 Å². The largest absolute Gasteiger partial charge is 0.493 e. The molecule has 1 aromatic rings. The average molecular weight is 359 g/mol. The molecular weight excluding hydrogens is 334 g/mol. The maximum atomic E-state index is 11.9. The number of ether oxygens (including phenoxy) is 2. The van der Waals surface area contributed by atoms with Crippen molar-refractivity contribution >= 4 is 17.4 Å². The van der Waals surface area contributed by atoms with Gasteiger partial charge in [-0.05, 0) is 51.2 Å². The van der Waals surface area contributed by atoms with Gasteiger partial charge in [0.2, 0.25) is 0 Å². The molecular formula is C20H25NO5. The van der Waals surface area contributed by atoms with Crippen molar-refractivity contribution in [3.8, 4) is 11.5 Å². The first-order valence-corrected chi connectivity index (χ1v) is 9.06. The molecule has 0 atom stereocenters. The Hall–Kier alpha value is -2.50. The van der Waals surface area contributed by atoms with Crippen LogP contribution in [-0.2, 0) is 9.59 Å². The number of benzene rings is 1. The zero-order valence-electron chi connectivity index (χ0n) is 15.3. The molecule has 0 saturated heterocycles. The standard InChI is InChI=1S/C20H25NO5/c1-13-16(8-9-17(13)22)21(12-20(23)24)14-7-10-18(25-2)19(11-14)26-15-5-3-4-6-15/h7,10-11,15H,3-6,8-9,12H2,1-2H3,(H,23,24). The second-order valence-corrected chi connectivity index (χ2v) is 6.83. The van der Waals surface area contributed by atoms with E-state index in [-0.39, 0.29) is 18.4 Å². The molecule has 0 aromatic heterocycles. The van der Waals surface area contributed by atoms with E-state index in [0.717, 1.165) is 31.4 Å². The van der Waals surface area contributed by atoms with Crippen LogP contribution in [0.5, 0.6) is 11.5 Å². The van der Waals surface area contributed by atoms with Crippen LogP contribution in [0.3, 0.4) is 0 Å². The lowest BCUT2D eigenvalue weighted by Gasteiger charge is -2.26. The van der Waals surface area contributed by atoms with E-state index in [1.165, 1.54) is 0 Å². The fourth-order valence-corrected chi connectivity index (χ4v) is 3.69. The van der Waals surface area contributed by atoms with Gasteiger partial charge in [0.1, 0.15) is 6.54 Å². The summed E-state index contributed by atoms with van der Waals surface area (Å²) < 4.78 is 11.5. The monoisotopic (exact) mass is 359 g/mol. The molecule has 2 aliphatic rings. The van der Waals surface area contributed by atoms with Crippen LogP contribution in [0.2, 0.25) is 0 Å². The van der Waals surface area contributed by atoms with Gasteiger partial charge in [0, 0.05) is 29.4 Å². The molecule has 2 aliphatic carbocycles. The molecule has 6 heteroatoms. The highest BCUT2D eigenvalue weighted by Gasteiger charge is 2.27. The van der Waals surface area contributed by atoms with Crippen LogP contribution in [0, 0.1) is 0 Å². The van der Waals surface area contributed by atoms with E-state index in [4.69, 9.17) is 9.47 Å². The molecule has 0 unspecified atom stereocenters. The number of methoxy groups -OCH3 is 1. The molecule has 0 spiro atoms. The Morgan fingerprint density at radius 3 is 2.54 bits per heavy atom. The summed E-state index contributed by atoms with van der Waals surface area (Å²) in [6, 6.07) is 5.43. The molecule has 1 fully saturated rings. The number of carboxylic acids is 1. The maximum Gasteiger partial charge on any atom is 0.323 e. The Kier molecular flexibility index (Phi) is 5.49. The molecule has 3 rings (SSSR count). The fraction of sp³-hybridized carbons (Fsp3) is 0.500. The van der Waals surface area contributed by atoms with Crippen molar-refractivity contribution < 1.29 is 24.2 Å². The summed E-state index contributed by atoms with van der Waals surface area (Å²) in [5.74, 6) is 0.379. The van der Waals surface area contributed by atoms with E-state index in [0.29, 0.717) is 35.6 Å². The quantitative estimate of drug-likeness (QED) is 0.802. The molecule has 0 bridgehead atoms. The van der Waals surface area contributed by atoms with E-state index in [9.17, 15) is 14.7 Å². The fourth-order valence-electron chi connectivity index (χ4n) is 3.69. The van der Waals surface area contributed by atoms with E-state index in [2.05, 4.69) is 0 Å². The van der Waals surface area contributed by atoms with Gasteiger partial charge in [0.15, 0.2) is 17.3 Å². The molecule has 0 amide bonds. The van der Waals surface area contributed by atoms with E-state index in [1.54, 1.807) is 25.0 Å². The van der Waals surface area contributed by atoms with Crippen molar-refractivity contribution in [2.24, 2.45) is 0 Å². The first kappa shape index (κ1) is 18.3. The van der Waals surface area contributed by atoms with Crippen LogP contribution in [0.1, 0.15) is 45.4 Å². The zero-order chi connectivity index (χ0) is 18.7. The zero-order valence-corrected chi connectivity index (χ0v) is 15.3. The predicted octanol–water partition coefficient (Wildman–Crippen LogP) is 3.54. The summed E-state index contributed by atoms with van der Waals surface area (Å²) in [4.78, 5) is 25.0. The summed E-state index contributed by atoms with van der Waals surface area (Å²) in [6.07, 6.45) is 5.51. The van der Waals surface area contributed by atoms with Gasteiger partial charge in [-0.15, -0.1) is 0 Å². The summed E-state index contributed by atoms with van der Waals surface area (Å²) in [7, 11) is 1.59. The first-order valence-electron chi connectivity index (χ1n) is 9.06. The molecule has 26 heavy (non-hydrogen) atoms. The van der Waals surface area contributed by atoms with E-state index in [1.807, 2.05) is 12.1 Å². The minimum Gasteiger partial charge on any atom is -0.493 e. The molecule has 6 nitrogen and oxygen atoms in total. The minimum atomic E-state index is -0.946. The molecule has 1 N–H and O–H groups in total. The maximum absolute atomic E-state index is 11.9. The highest BCUT2D eigenvalue weighted by molar-refractivity contribution is 5.99. The van der Waals surface area contributed by atoms with Crippen molar-refractivity contribution in [3.63, 3.8) is 0 Å². The lowest BCUT2D eigenvalue weighted by Crippen LogP contribution is -2.29. The Bertz CT molecular complexity index is 734. The molecule has 0 heterocycles. The Balaban J connectivity index is 1.95. The van der Waals surface area contributed by atoms with Gasteiger partial charge < -0.3 is 19.5 Å². The van der Waals surface area contributed by atoms with Gasteiger partial charge in [-0.25, -0.2) is 0 Å². The number of carbonyl (C=O) groups is 2. The highest BCUT2D eigenvalue weighted by Crippen LogP contribution is 2.37. The number of anilines is 1. The third-order valence-corrected chi connectivity index (χ3v) is 5.11. The van der Waals surface area contributed by atoms with Crippen LogP contribution >= 0.6 is 0 Å². The first-order chi connectivity index (χ1) is 12.5. The molecule has 1 aromatic carbocycles. The summed E-state index contributed by atoms with van der Waals surface area (Å²) in [5.41, 5.74) is 2.11. The summed E-state index contributed by atoms with van der Waals surface area (Å²) in [6.45, 7) is 1.56. The smallest absolute Gasteiger partial charge is 0.323 e. The number of hydrogen-bond donors (Lipinski definition) is 1. The van der Waals surface area contributed by atoms with Crippen molar-refractivity contribution in [1.82, 2.24) is 0 Å². The number of hydrogen-bond acceptors (Lipinski definition) is 5. The van der Waals surface area contributed by atoms with Gasteiger partial charge in [0.25, 0.3) is 0 Å². The van der Waals surface area contributed by atoms with Gasteiger partial charge in [-0.3, -0.25) is 9.59 Å². The second-order valence-electron chi connectivity index (χ2n) is 6.83. The lowest BCUT2D eigenvalue weighted by atomic mass is 10.2. The number of allylic oxidation sites excluding steroid dienone is 2. The Morgan fingerprint density at radius 2 is 1.96 bits per heavy atom. The molecule has 1 saturated carbocycles. The number of rotatable bonds is 7. The van der Waals surface area contributed by atoms with Gasteiger partial charge in [0.05, 0.1) is 13.2 Å². The minimum absolute atomic E-state index is 0.0753. The van der Waals surface area contributed by atoms with E-state index < -0.39 is 5.97 Å². The van der Waals surface area contributed by atoms with Gasteiger partial charge >= 0.3 is 5.97 Å². The molecule has 0 aliphatic heterocycles. The van der Waals surface area contributed by atoms with E-state index >= 15 is 0 Å². The number of carboxylic acid groups (broad SMARTS) is 1. The summed E-state index contributed by atoms with van der Waals surface area (Å²) in [5, 5.41) is 9.35. The van der Waals surface area contributed by atoms with Crippen LogP contribution in [0.4, 0.5) is 5.69 Å². The highest BCUT2D eigenvalue weighted by atomic mass is 16.5. The number of ketones is 1. The van der Waals surface area contributed by atoms with Crippen molar-refractivity contribution in [3.05, 3.63) is 29.5 Å². The normalized spacial score (nSPS) is 17.7. The Morgan fingerprint density at radius 1 is 1.23 bits per heavy atom. The number of aliphatic carboxylic acids is 1. The topological polar surface area (TPSA) is 76.1 Å². The SMILES string of the molecule is COc1ccc(N(CC(=O)O)C2=C(C)C(=O)CC2)cc1OC1CCCC1. The van der Waals surface area contributed by atoms with Crippen molar-refractivity contribution in [2.45, 2.75) is 51.6 Å². The van der Waals surface area contributed by atoms with Crippen molar-refractivity contribution in [2.75, 3.05) is 18.6 Å². The molecule has 140 valence electrons. The Labute approximate surface area is 153 Å². The second kappa shape index (κ2) is 7.81. The lowest BCUT2D eigenvalue weighted by molar-refractivity contribution is -0.135. The number of nitrogens with zero attached hydrogens (tertiary/aromatic N) is 1. The average Bonchev–Trinajstić information content (AvgIpc) is 3.24. The van der Waals surface area contributed by atoms with Gasteiger partial charge in [-0.2, -0.15) is 0 Å². The van der Waals surface area contributed by atoms with Crippen LogP contribution in [0.25, 0.3) is 0 Å². The number of Topliss-reactive ketones (excluding diaryl/α,β-unsaturated/α-hetero) is 1.